The highest BCUT2D eigenvalue weighted by Gasteiger charge is 2.53. The van der Waals surface area contributed by atoms with Crippen molar-refractivity contribution in [2.45, 2.75) is 129 Å². The van der Waals surface area contributed by atoms with Crippen molar-refractivity contribution >= 4 is 35.1 Å². The molecule has 2 amide bonds. The summed E-state index contributed by atoms with van der Waals surface area (Å²) in [5.41, 5.74) is 0.327. The summed E-state index contributed by atoms with van der Waals surface area (Å²) in [5.74, 6) is -0.535. The van der Waals surface area contributed by atoms with Crippen LogP contribution in [-0.2, 0) is 19.1 Å². The van der Waals surface area contributed by atoms with E-state index < -0.39 is 47.2 Å². The van der Waals surface area contributed by atoms with Gasteiger partial charge in [0.1, 0.15) is 41.3 Å². The largest absolute Gasteiger partial charge is 0.497 e. The summed E-state index contributed by atoms with van der Waals surface area (Å²) < 4.78 is 23.6. The molecule has 1 aliphatic carbocycles. The average molecular weight is 693 g/mol. The number of esters is 1. The summed E-state index contributed by atoms with van der Waals surface area (Å²) >= 11 is 0. The Morgan fingerprint density at radius 2 is 1.84 bits per heavy atom. The van der Waals surface area contributed by atoms with Gasteiger partial charge >= 0.3 is 12.1 Å². The Morgan fingerprint density at radius 1 is 1.12 bits per heavy atom. The molecule has 1 N–H and O–H groups in total. The van der Waals surface area contributed by atoms with Gasteiger partial charge in [0.25, 0.3) is 0 Å². The molecule has 11 heteroatoms. The van der Waals surface area contributed by atoms with E-state index in [0.717, 1.165) is 51.4 Å². The van der Waals surface area contributed by atoms with Crippen LogP contribution in [0.1, 0.15) is 105 Å². The molecule has 4 rings (SSSR count). The molecule has 0 radical (unpaired) electrons. The quantitative estimate of drug-likeness (QED) is 0.115. The first kappa shape index (κ1) is 38.6. The minimum Gasteiger partial charge on any atom is -0.497 e. The highest BCUT2D eigenvalue weighted by molar-refractivity contribution is 5.91. The second-order valence-corrected chi connectivity index (χ2v) is 14.9. The summed E-state index contributed by atoms with van der Waals surface area (Å²) in [4.78, 5) is 53.1. The number of fused-ring (bicyclic) bond motifs is 1. The molecular weight excluding hydrogens is 636 g/mol. The van der Waals surface area contributed by atoms with Crippen molar-refractivity contribution in [1.82, 2.24) is 20.2 Å². The predicted molar refractivity (Wildman–Crippen MR) is 194 cm³/mol. The van der Waals surface area contributed by atoms with Crippen LogP contribution in [0.3, 0.4) is 0 Å². The Bertz CT molecular complexity index is 1530. The number of hydrogen-bond donors (Lipinski definition) is 1. The highest BCUT2D eigenvalue weighted by atomic mass is 16.6. The summed E-state index contributed by atoms with van der Waals surface area (Å²) in [5, 5.41) is 2.97. The van der Waals surface area contributed by atoms with Crippen LogP contribution in [0.15, 0.2) is 37.4 Å². The van der Waals surface area contributed by atoms with E-state index in [1.54, 1.807) is 46.1 Å². The molecule has 1 aromatic heterocycles. The van der Waals surface area contributed by atoms with Crippen molar-refractivity contribution in [3.05, 3.63) is 43.1 Å². The minimum atomic E-state index is -0.967. The second kappa shape index (κ2) is 16.7. The molecule has 2 fully saturated rings. The van der Waals surface area contributed by atoms with Gasteiger partial charge in [0.15, 0.2) is 0 Å². The van der Waals surface area contributed by atoms with Gasteiger partial charge < -0.3 is 29.2 Å². The van der Waals surface area contributed by atoms with Crippen LogP contribution in [0.2, 0.25) is 0 Å². The maximum Gasteiger partial charge on any atom is 0.408 e. The molecule has 1 aromatic carbocycles. The van der Waals surface area contributed by atoms with Crippen molar-refractivity contribution in [3.8, 4) is 11.6 Å². The van der Waals surface area contributed by atoms with Gasteiger partial charge in [-0.2, -0.15) is 0 Å². The van der Waals surface area contributed by atoms with E-state index in [-0.39, 0.29) is 24.4 Å². The number of benzene rings is 1. The van der Waals surface area contributed by atoms with E-state index in [1.165, 1.54) is 4.90 Å². The highest BCUT2D eigenvalue weighted by Crippen LogP contribution is 2.43. The van der Waals surface area contributed by atoms with Crippen LogP contribution >= 0.6 is 0 Å². The van der Waals surface area contributed by atoms with E-state index in [9.17, 15) is 14.4 Å². The summed E-state index contributed by atoms with van der Waals surface area (Å²) in [7, 11) is 1.58. The monoisotopic (exact) mass is 692 g/mol. The summed E-state index contributed by atoms with van der Waals surface area (Å²) in [6, 6.07) is 3.49. The third kappa shape index (κ3) is 9.34. The Hall–Kier alpha value is -4.15. The van der Waals surface area contributed by atoms with Gasteiger partial charge in [-0.15, -0.1) is 6.58 Å². The van der Waals surface area contributed by atoms with Gasteiger partial charge in [0.05, 0.1) is 24.7 Å². The van der Waals surface area contributed by atoms with Crippen LogP contribution in [0.4, 0.5) is 4.79 Å². The molecule has 0 unspecified atom stereocenters. The zero-order valence-electron chi connectivity index (χ0n) is 31.0. The van der Waals surface area contributed by atoms with Crippen LogP contribution in [0, 0.1) is 11.3 Å². The minimum absolute atomic E-state index is 0.0719. The van der Waals surface area contributed by atoms with Gasteiger partial charge in [0.2, 0.25) is 11.8 Å². The number of likely N-dealkylation sites (tertiary alicyclic amines) is 1. The number of carbonyl (C=O) groups excluding carboxylic acids is 3. The number of aromatic nitrogens is 2. The third-order valence-corrected chi connectivity index (χ3v) is 9.91. The van der Waals surface area contributed by atoms with Crippen LogP contribution < -0.4 is 14.8 Å². The SMILES string of the molecule is C=CCCCC[C@@H](CC)OC(=O)N[C@H](C(=O)N1C[C@H](Oc2nc3cc(OC)ccc3nc2C=C)[C@@H](C)[C@H]1C(=O)OC(C)(C)C)C1(C)CCCC1. The van der Waals surface area contributed by atoms with Crippen LogP contribution in [-0.4, -0.2) is 76.4 Å². The van der Waals surface area contributed by atoms with Gasteiger partial charge in [-0.3, -0.25) is 4.79 Å². The molecule has 2 aliphatic rings. The lowest BCUT2D eigenvalue weighted by Crippen LogP contribution is -2.58. The number of alkyl carbamates (subject to hydrolysis) is 1. The fourth-order valence-corrected chi connectivity index (χ4v) is 7.04. The maximum atomic E-state index is 14.8. The first-order valence-corrected chi connectivity index (χ1v) is 18.0. The Kier molecular flexibility index (Phi) is 12.9. The molecule has 0 bridgehead atoms. The average Bonchev–Trinajstić information content (AvgIpc) is 3.66. The number of ether oxygens (including phenoxy) is 4. The smallest absolute Gasteiger partial charge is 0.408 e. The first-order valence-electron chi connectivity index (χ1n) is 18.0. The number of allylic oxidation sites excluding steroid dienone is 1. The number of amides is 2. The molecular formula is C39H56N4O7. The molecule has 0 spiro atoms. The van der Waals surface area contributed by atoms with Crippen molar-refractivity contribution in [1.29, 1.82) is 0 Å². The van der Waals surface area contributed by atoms with E-state index in [2.05, 4.69) is 23.5 Å². The fraction of sp³-hybridized carbons (Fsp3) is 0.615. The number of unbranched alkanes of at least 4 members (excludes halogenated alkanes) is 2. The Morgan fingerprint density at radius 3 is 2.46 bits per heavy atom. The van der Waals surface area contributed by atoms with E-state index >= 15 is 0 Å². The first-order chi connectivity index (χ1) is 23.7. The molecule has 2 heterocycles. The zero-order valence-corrected chi connectivity index (χ0v) is 31.0. The summed E-state index contributed by atoms with van der Waals surface area (Å²) in [6.45, 7) is 19.0. The zero-order chi connectivity index (χ0) is 36.6. The van der Waals surface area contributed by atoms with Crippen LogP contribution in [0.5, 0.6) is 11.6 Å². The number of hydrogen-bond acceptors (Lipinski definition) is 9. The second-order valence-electron chi connectivity index (χ2n) is 14.9. The van der Waals surface area contributed by atoms with E-state index in [4.69, 9.17) is 23.9 Å². The molecule has 1 aliphatic heterocycles. The predicted octanol–water partition coefficient (Wildman–Crippen LogP) is 7.42. The third-order valence-electron chi connectivity index (χ3n) is 9.91. The van der Waals surface area contributed by atoms with Gasteiger partial charge in [-0.1, -0.05) is 46.3 Å². The molecule has 50 heavy (non-hydrogen) atoms. The van der Waals surface area contributed by atoms with E-state index in [1.807, 2.05) is 32.9 Å². The lowest BCUT2D eigenvalue weighted by Gasteiger charge is -2.38. The number of carbonyl (C=O) groups is 3. The maximum absolute atomic E-state index is 14.8. The van der Waals surface area contributed by atoms with Gasteiger partial charge in [0, 0.05) is 12.0 Å². The van der Waals surface area contributed by atoms with Crippen molar-refractivity contribution in [2.75, 3.05) is 13.7 Å². The molecule has 11 nitrogen and oxygen atoms in total. The fourth-order valence-electron chi connectivity index (χ4n) is 7.04. The topological polar surface area (TPSA) is 129 Å². The van der Waals surface area contributed by atoms with Crippen LogP contribution in [0.25, 0.3) is 17.1 Å². The number of rotatable bonds is 15. The van der Waals surface area contributed by atoms with Crippen molar-refractivity contribution < 1.29 is 33.3 Å². The molecule has 1 saturated heterocycles. The van der Waals surface area contributed by atoms with Gasteiger partial charge in [-0.05, 0) is 89.3 Å². The number of methoxy groups -OCH3 is 1. The lowest BCUT2D eigenvalue weighted by atomic mass is 9.79. The number of nitrogens with one attached hydrogen (secondary N) is 1. The van der Waals surface area contributed by atoms with E-state index in [0.29, 0.717) is 28.9 Å². The normalized spacial score (nSPS) is 21.3. The molecule has 2 aromatic rings. The van der Waals surface area contributed by atoms with Gasteiger partial charge in [-0.25, -0.2) is 19.6 Å². The molecule has 274 valence electrons. The standard InChI is InChI=1S/C39H56N4O7/c1-10-13-14-15-18-26(11-2)48-37(46)42-33(39(8)21-16-17-22-39)35(44)43-24-31(25(4)32(43)36(45)50-38(5,6)7)49-34-28(12-3)40-29-20-19-27(47-9)23-30(29)41-34/h10,12,19-20,23,25-26,31-33H,1,3,11,13-18,21-22,24H2,2,4-9H3,(H,42,46)/t25-,26-,31+,32+,33-/m1/s1. The Labute approximate surface area is 297 Å². The summed E-state index contributed by atoms with van der Waals surface area (Å²) in [6.07, 6.45) is 9.47. The Balaban J connectivity index is 1.65. The lowest BCUT2D eigenvalue weighted by molar-refractivity contribution is -0.165. The molecule has 5 atom stereocenters. The van der Waals surface area contributed by atoms with Crippen molar-refractivity contribution in [3.63, 3.8) is 0 Å². The number of nitrogens with zero attached hydrogens (tertiary/aromatic N) is 3. The van der Waals surface area contributed by atoms with Crippen molar-refractivity contribution in [2.24, 2.45) is 11.3 Å². The molecule has 1 saturated carbocycles.